The molecule has 0 bridgehead atoms. The number of benzene rings is 2. The van der Waals surface area contributed by atoms with Crippen LogP contribution >= 0.6 is 11.6 Å². The molecule has 0 aromatic heterocycles. The minimum atomic E-state index is -4.39. The second kappa shape index (κ2) is 5.54. The Balaban J connectivity index is 2.12. The largest absolute Gasteiger partial charge is 0.416 e. The molecular formula is C14H9ClF3NO. The summed E-state index contributed by atoms with van der Waals surface area (Å²) in [6.07, 6.45) is -4.39. The summed E-state index contributed by atoms with van der Waals surface area (Å²) in [5.74, 6) is -0.438. The van der Waals surface area contributed by atoms with Crippen LogP contribution in [0.4, 0.5) is 18.9 Å². The molecule has 0 saturated carbocycles. The highest BCUT2D eigenvalue weighted by Crippen LogP contribution is 2.29. The molecule has 2 aromatic rings. The average Bonchev–Trinajstić information content (AvgIpc) is 2.38. The van der Waals surface area contributed by atoms with E-state index in [4.69, 9.17) is 11.6 Å². The van der Waals surface area contributed by atoms with E-state index in [1.807, 2.05) is 0 Å². The van der Waals surface area contributed by atoms with E-state index in [9.17, 15) is 18.0 Å². The Kier molecular flexibility index (Phi) is 3.99. The van der Waals surface area contributed by atoms with Gasteiger partial charge in [-0.3, -0.25) is 4.79 Å². The Morgan fingerprint density at radius 2 is 1.70 bits per heavy atom. The first-order chi connectivity index (χ1) is 9.36. The van der Waals surface area contributed by atoms with Crippen LogP contribution in [0.3, 0.4) is 0 Å². The number of nitrogens with one attached hydrogen (secondary N) is 1. The van der Waals surface area contributed by atoms with E-state index in [1.54, 1.807) is 18.2 Å². The van der Waals surface area contributed by atoms with Crippen molar-refractivity contribution in [3.05, 3.63) is 64.7 Å². The van der Waals surface area contributed by atoms with E-state index >= 15 is 0 Å². The van der Waals surface area contributed by atoms with Gasteiger partial charge >= 0.3 is 6.18 Å². The second-order valence-electron chi connectivity index (χ2n) is 4.04. The number of hydrogen-bond acceptors (Lipinski definition) is 1. The molecule has 0 aliphatic rings. The summed E-state index contributed by atoms with van der Waals surface area (Å²) in [5.41, 5.74) is -0.154. The second-order valence-corrected chi connectivity index (χ2v) is 4.48. The summed E-state index contributed by atoms with van der Waals surface area (Å²) in [5, 5.41) is 2.91. The monoisotopic (exact) mass is 299 g/mol. The zero-order chi connectivity index (χ0) is 14.8. The van der Waals surface area contributed by atoms with Crippen molar-refractivity contribution in [2.75, 3.05) is 5.32 Å². The van der Waals surface area contributed by atoms with Gasteiger partial charge in [-0.05, 0) is 42.5 Å². The number of anilines is 1. The quantitative estimate of drug-likeness (QED) is 0.862. The zero-order valence-electron chi connectivity index (χ0n) is 10.0. The van der Waals surface area contributed by atoms with Crippen molar-refractivity contribution >= 4 is 23.2 Å². The molecule has 0 aliphatic carbocycles. The molecule has 2 aromatic carbocycles. The lowest BCUT2D eigenvalue weighted by Gasteiger charge is -2.09. The molecule has 0 heterocycles. The summed E-state index contributed by atoms with van der Waals surface area (Å²) >= 11 is 5.76. The number of carbonyl (C=O) groups excluding carboxylic acids is 1. The molecule has 1 amide bonds. The highest BCUT2D eigenvalue weighted by atomic mass is 35.5. The molecule has 0 aliphatic heterocycles. The standard InChI is InChI=1S/C14H9ClF3NO/c15-11-3-1-2-9(8-11)13(20)19-12-6-4-10(5-7-12)14(16,17)18/h1-8H,(H,19,20). The van der Waals surface area contributed by atoms with E-state index in [0.29, 0.717) is 10.6 Å². The van der Waals surface area contributed by atoms with Crippen LogP contribution in [-0.4, -0.2) is 5.91 Å². The Bertz CT molecular complexity index is 623. The maximum atomic E-state index is 12.4. The molecule has 2 nitrogen and oxygen atoms in total. The SMILES string of the molecule is O=C(Nc1ccc(C(F)(F)F)cc1)c1cccc(Cl)c1. The molecule has 0 unspecified atom stereocenters. The third-order valence-corrected chi connectivity index (χ3v) is 2.79. The first-order valence-corrected chi connectivity index (χ1v) is 5.98. The number of alkyl halides is 3. The van der Waals surface area contributed by atoms with E-state index in [0.717, 1.165) is 12.1 Å². The molecule has 104 valence electrons. The lowest BCUT2D eigenvalue weighted by Crippen LogP contribution is -2.12. The smallest absolute Gasteiger partial charge is 0.322 e. The lowest BCUT2D eigenvalue weighted by atomic mass is 10.2. The van der Waals surface area contributed by atoms with Crippen molar-refractivity contribution < 1.29 is 18.0 Å². The predicted octanol–water partition coefficient (Wildman–Crippen LogP) is 4.61. The van der Waals surface area contributed by atoms with Crippen LogP contribution in [0.1, 0.15) is 15.9 Å². The van der Waals surface area contributed by atoms with Crippen molar-refractivity contribution in [2.24, 2.45) is 0 Å². The number of carbonyl (C=O) groups is 1. The summed E-state index contributed by atoms with van der Waals surface area (Å²) < 4.78 is 37.2. The third-order valence-electron chi connectivity index (χ3n) is 2.56. The van der Waals surface area contributed by atoms with Crippen LogP contribution in [0.15, 0.2) is 48.5 Å². The number of hydrogen-bond donors (Lipinski definition) is 1. The van der Waals surface area contributed by atoms with E-state index in [-0.39, 0.29) is 5.69 Å². The van der Waals surface area contributed by atoms with Gasteiger partial charge in [0.15, 0.2) is 0 Å². The summed E-state index contributed by atoms with van der Waals surface area (Å²) in [6, 6.07) is 10.5. The Hall–Kier alpha value is -2.01. The fraction of sp³-hybridized carbons (Fsp3) is 0.0714. The van der Waals surface area contributed by atoms with E-state index < -0.39 is 17.6 Å². The maximum Gasteiger partial charge on any atom is 0.416 e. The molecule has 1 N–H and O–H groups in total. The van der Waals surface area contributed by atoms with Crippen LogP contribution in [-0.2, 0) is 6.18 Å². The van der Waals surface area contributed by atoms with Gasteiger partial charge in [0, 0.05) is 16.3 Å². The molecule has 6 heteroatoms. The normalized spacial score (nSPS) is 11.2. The first-order valence-electron chi connectivity index (χ1n) is 5.60. The number of amides is 1. The van der Waals surface area contributed by atoms with Crippen molar-refractivity contribution in [1.82, 2.24) is 0 Å². The Morgan fingerprint density at radius 1 is 1.05 bits per heavy atom. The molecule has 20 heavy (non-hydrogen) atoms. The van der Waals surface area contributed by atoms with Gasteiger partial charge in [0.2, 0.25) is 0 Å². The molecule has 0 saturated heterocycles. The van der Waals surface area contributed by atoms with Crippen LogP contribution < -0.4 is 5.32 Å². The van der Waals surface area contributed by atoms with Crippen LogP contribution in [0.25, 0.3) is 0 Å². The highest BCUT2D eigenvalue weighted by Gasteiger charge is 2.29. The maximum absolute atomic E-state index is 12.4. The molecule has 0 spiro atoms. The molecular weight excluding hydrogens is 291 g/mol. The van der Waals surface area contributed by atoms with Gasteiger partial charge in [-0.15, -0.1) is 0 Å². The number of rotatable bonds is 2. The minimum absolute atomic E-state index is 0.281. The topological polar surface area (TPSA) is 29.1 Å². The fourth-order valence-corrected chi connectivity index (χ4v) is 1.77. The predicted molar refractivity (Wildman–Crippen MR) is 70.8 cm³/mol. The van der Waals surface area contributed by atoms with Crippen LogP contribution in [0, 0.1) is 0 Å². The highest BCUT2D eigenvalue weighted by molar-refractivity contribution is 6.31. The lowest BCUT2D eigenvalue weighted by molar-refractivity contribution is -0.137. The summed E-state index contributed by atoms with van der Waals surface area (Å²) in [4.78, 5) is 11.9. The average molecular weight is 300 g/mol. The van der Waals surface area contributed by atoms with Gasteiger partial charge in [0.1, 0.15) is 0 Å². The summed E-state index contributed by atoms with van der Waals surface area (Å²) in [7, 11) is 0. The van der Waals surface area contributed by atoms with E-state index in [2.05, 4.69) is 5.32 Å². The van der Waals surface area contributed by atoms with Gasteiger partial charge < -0.3 is 5.32 Å². The molecule has 0 radical (unpaired) electrons. The van der Waals surface area contributed by atoms with Crippen molar-refractivity contribution in [3.63, 3.8) is 0 Å². The zero-order valence-corrected chi connectivity index (χ0v) is 10.8. The summed E-state index contributed by atoms with van der Waals surface area (Å²) in [6.45, 7) is 0. The van der Waals surface area contributed by atoms with Crippen molar-refractivity contribution in [2.45, 2.75) is 6.18 Å². The van der Waals surface area contributed by atoms with Gasteiger partial charge in [-0.2, -0.15) is 13.2 Å². The van der Waals surface area contributed by atoms with Gasteiger partial charge in [0.25, 0.3) is 5.91 Å². The molecule has 0 fully saturated rings. The Labute approximate surface area is 118 Å². The minimum Gasteiger partial charge on any atom is -0.322 e. The molecule has 0 atom stereocenters. The number of halogens is 4. The third kappa shape index (κ3) is 3.51. The van der Waals surface area contributed by atoms with Gasteiger partial charge in [-0.25, -0.2) is 0 Å². The van der Waals surface area contributed by atoms with Crippen molar-refractivity contribution in [1.29, 1.82) is 0 Å². The van der Waals surface area contributed by atoms with Crippen LogP contribution in [0.5, 0.6) is 0 Å². The Morgan fingerprint density at radius 3 is 2.25 bits per heavy atom. The van der Waals surface area contributed by atoms with Gasteiger partial charge in [-0.1, -0.05) is 17.7 Å². The van der Waals surface area contributed by atoms with Crippen molar-refractivity contribution in [3.8, 4) is 0 Å². The van der Waals surface area contributed by atoms with E-state index in [1.165, 1.54) is 18.2 Å². The van der Waals surface area contributed by atoms with Crippen LogP contribution in [0.2, 0.25) is 5.02 Å². The fourth-order valence-electron chi connectivity index (χ4n) is 1.58. The molecule has 2 rings (SSSR count). The van der Waals surface area contributed by atoms with Gasteiger partial charge in [0.05, 0.1) is 5.56 Å². The first kappa shape index (κ1) is 14.4.